The van der Waals surface area contributed by atoms with Crippen molar-refractivity contribution in [3.63, 3.8) is 0 Å². The first-order valence-electron chi connectivity index (χ1n) is 8.82. The molecule has 1 amide bonds. The number of piperidine rings is 1. The lowest BCUT2D eigenvalue weighted by atomic mass is 9.90. The molecule has 4 heteroatoms. The van der Waals surface area contributed by atoms with Gasteiger partial charge in [0, 0.05) is 42.6 Å². The molecule has 0 spiro atoms. The van der Waals surface area contributed by atoms with Crippen LogP contribution in [0.2, 0.25) is 0 Å². The van der Waals surface area contributed by atoms with Crippen molar-refractivity contribution < 1.29 is 4.79 Å². The zero-order chi connectivity index (χ0) is 17.1. The molecule has 1 saturated heterocycles. The molecule has 4 rings (SSSR count). The van der Waals surface area contributed by atoms with Gasteiger partial charge in [-0.15, -0.1) is 0 Å². The number of hydrogen-bond donors (Lipinski definition) is 0. The number of hydrogen-bond acceptors (Lipinski definition) is 3. The molecule has 3 aromatic rings. The van der Waals surface area contributed by atoms with Gasteiger partial charge in [-0.05, 0) is 61.1 Å². The molecule has 1 aliphatic rings. The van der Waals surface area contributed by atoms with Crippen LogP contribution >= 0.6 is 0 Å². The van der Waals surface area contributed by atoms with Crippen LogP contribution in [0.3, 0.4) is 0 Å². The number of likely N-dealkylation sites (tertiary alicyclic amines) is 1. The second kappa shape index (κ2) is 7.01. The third-order valence-electron chi connectivity index (χ3n) is 4.93. The van der Waals surface area contributed by atoms with Crippen molar-refractivity contribution in [1.29, 1.82) is 0 Å². The molecule has 1 aromatic carbocycles. The summed E-state index contributed by atoms with van der Waals surface area (Å²) < 4.78 is 0. The Morgan fingerprint density at radius 3 is 2.88 bits per heavy atom. The quantitative estimate of drug-likeness (QED) is 0.735. The van der Waals surface area contributed by atoms with E-state index in [4.69, 9.17) is 0 Å². The lowest BCUT2D eigenvalue weighted by Gasteiger charge is -2.33. The first-order chi connectivity index (χ1) is 12.3. The van der Waals surface area contributed by atoms with Gasteiger partial charge in [0.1, 0.15) is 0 Å². The van der Waals surface area contributed by atoms with Crippen LogP contribution in [0.5, 0.6) is 0 Å². The average molecular weight is 331 g/mol. The predicted molar refractivity (Wildman–Crippen MR) is 98.3 cm³/mol. The molecule has 0 radical (unpaired) electrons. The van der Waals surface area contributed by atoms with Crippen molar-refractivity contribution in [2.24, 2.45) is 5.92 Å². The molecule has 25 heavy (non-hydrogen) atoms. The minimum Gasteiger partial charge on any atom is -0.338 e. The number of carbonyl (C=O) groups is 1. The van der Waals surface area contributed by atoms with Crippen molar-refractivity contribution in [3.8, 4) is 0 Å². The van der Waals surface area contributed by atoms with E-state index in [9.17, 15) is 4.79 Å². The van der Waals surface area contributed by atoms with Crippen LogP contribution in [0, 0.1) is 5.92 Å². The first-order valence-corrected chi connectivity index (χ1v) is 8.82. The molecule has 0 bridgehead atoms. The highest BCUT2D eigenvalue weighted by atomic mass is 16.2. The fourth-order valence-corrected chi connectivity index (χ4v) is 3.68. The van der Waals surface area contributed by atoms with Crippen molar-refractivity contribution in [1.82, 2.24) is 14.9 Å². The number of rotatable bonds is 3. The summed E-state index contributed by atoms with van der Waals surface area (Å²) >= 11 is 0. The SMILES string of the molecule is O=C(c1ccncc1)N1CCCC(Cc2ccc3ncccc3c2)C1. The number of benzene rings is 1. The van der Waals surface area contributed by atoms with Crippen LogP contribution in [0.25, 0.3) is 10.9 Å². The summed E-state index contributed by atoms with van der Waals surface area (Å²) in [5, 5.41) is 1.18. The Kier molecular flexibility index (Phi) is 4.42. The third-order valence-corrected chi connectivity index (χ3v) is 4.93. The highest BCUT2D eigenvalue weighted by Gasteiger charge is 2.24. The lowest BCUT2D eigenvalue weighted by molar-refractivity contribution is 0.0673. The van der Waals surface area contributed by atoms with Gasteiger partial charge in [0.05, 0.1) is 5.52 Å². The average Bonchev–Trinajstić information content (AvgIpc) is 2.68. The number of fused-ring (bicyclic) bond motifs is 1. The zero-order valence-corrected chi connectivity index (χ0v) is 14.1. The maximum atomic E-state index is 12.7. The van der Waals surface area contributed by atoms with E-state index in [1.54, 1.807) is 24.5 Å². The van der Waals surface area contributed by atoms with E-state index in [2.05, 4.69) is 34.2 Å². The molecule has 2 aromatic heterocycles. The maximum absolute atomic E-state index is 12.7. The molecule has 1 aliphatic heterocycles. The summed E-state index contributed by atoms with van der Waals surface area (Å²) in [6.07, 6.45) is 8.42. The summed E-state index contributed by atoms with van der Waals surface area (Å²) in [6.45, 7) is 1.67. The fourth-order valence-electron chi connectivity index (χ4n) is 3.68. The highest BCUT2D eigenvalue weighted by Crippen LogP contribution is 2.23. The predicted octanol–water partition coefficient (Wildman–Crippen LogP) is 3.72. The Hall–Kier alpha value is -2.75. The van der Waals surface area contributed by atoms with Crippen LogP contribution in [0.1, 0.15) is 28.8 Å². The molecule has 4 nitrogen and oxygen atoms in total. The van der Waals surface area contributed by atoms with Gasteiger partial charge in [0.25, 0.3) is 5.91 Å². The fraction of sp³-hybridized carbons (Fsp3) is 0.286. The van der Waals surface area contributed by atoms with Gasteiger partial charge in [-0.1, -0.05) is 12.1 Å². The van der Waals surface area contributed by atoms with Crippen LogP contribution in [-0.4, -0.2) is 33.9 Å². The Bertz CT molecular complexity index is 878. The van der Waals surface area contributed by atoms with Gasteiger partial charge in [0.2, 0.25) is 0 Å². The standard InChI is InChI=1S/C21H21N3O/c25-21(18-7-10-22-11-8-18)24-12-2-3-17(15-24)13-16-5-6-20-19(14-16)4-1-9-23-20/h1,4-11,14,17H,2-3,12-13,15H2. The van der Waals surface area contributed by atoms with Gasteiger partial charge < -0.3 is 4.90 Å². The number of carbonyl (C=O) groups excluding carboxylic acids is 1. The molecule has 1 unspecified atom stereocenters. The number of aromatic nitrogens is 2. The number of nitrogens with zero attached hydrogens (tertiary/aromatic N) is 3. The molecule has 0 saturated carbocycles. The molecule has 0 aliphatic carbocycles. The summed E-state index contributed by atoms with van der Waals surface area (Å²) in [7, 11) is 0. The molecule has 0 N–H and O–H groups in total. The molecule has 126 valence electrons. The van der Waals surface area contributed by atoms with E-state index in [0.717, 1.165) is 37.0 Å². The highest BCUT2D eigenvalue weighted by molar-refractivity contribution is 5.94. The van der Waals surface area contributed by atoms with E-state index in [0.29, 0.717) is 5.92 Å². The number of pyridine rings is 2. The summed E-state index contributed by atoms with van der Waals surface area (Å²) in [6, 6.07) is 14.1. The Labute approximate surface area is 147 Å². The van der Waals surface area contributed by atoms with E-state index in [-0.39, 0.29) is 5.91 Å². The Morgan fingerprint density at radius 2 is 2.00 bits per heavy atom. The zero-order valence-electron chi connectivity index (χ0n) is 14.1. The number of amides is 1. The van der Waals surface area contributed by atoms with E-state index in [1.807, 2.05) is 17.2 Å². The summed E-state index contributed by atoms with van der Waals surface area (Å²) in [4.78, 5) is 23.0. The van der Waals surface area contributed by atoms with Gasteiger partial charge in [0.15, 0.2) is 0 Å². The van der Waals surface area contributed by atoms with Crippen molar-refractivity contribution >= 4 is 16.8 Å². The minimum atomic E-state index is 0.120. The lowest BCUT2D eigenvalue weighted by Crippen LogP contribution is -2.40. The smallest absolute Gasteiger partial charge is 0.253 e. The Balaban J connectivity index is 1.46. The second-order valence-electron chi connectivity index (χ2n) is 6.73. The first kappa shape index (κ1) is 15.8. The molecular weight excluding hydrogens is 310 g/mol. The van der Waals surface area contributed by atoms with Gasteiger partial charge in [-0.2, -0.15) is 0 Å². The molecular formula is C21H21N3O. The van der Waals surface area contributed by atoms with E-state index in [1.165, 1.54) is 17.4 Å². The van der Waals surface area contributed by atoms with Gasteiger partial charge in [-0.3, -0.25) is 14.8 Å². The van der Waals surface area contributed by atoms with Crippen molar-refractivity contribution in [2.45, 2.75) is 19.3 Å². The van der Waals surface area contributed by atoms with E-state index < -0.39 is 0 Å². The second-order valence-corrected chi connectivity index (χ2v) is 6.73. The van der Waals surface area contributed by atoms with Crippen LogP contribution in [-0.2, 0) is 6.42 Å². The summed E-state index contributed by atoms with van der Waals surface area (Å²) in [5.74, 6) is 0.628. The van der Waals surface area contributed by atoms with Crippen LogP contribution in [0.4, 0.5) is 0 Å². The third kappa shape index (κ3) is 3.53. The van der Waals surface area contributed by atoms with Crippen molar-refractivity contribution in [3.05, 3.63) is 72.2 Å². The van der Waals surface area contributed by atoms with Gasteiger partial charge in [-0.25, -0.2) is 0 Å². The topological polar surface area (TPSA) is 46.1 Å². The molecule has 3 heterocycles. The van der Waals surface area contributed by atoms with Crippen LogP contribution < -0.4 is 0 Å². The van der Waals surface area contributed by atoms with Crippen LogP contribution in [0.15, 0.2) is 61.1 Å². The maximum Gasteiger partial charge on any atom is 0.253 e. The Morgan fingerprint density at radius 1 is 1.12 bits per heavy atom. The molecule has 1 fully saturated rings. The van der Waals surface area contributed by atoms with Crippen molar-refractivity contribution in [2.75, 3.05) is 13.1 Å². The summed E-state index contributed by atoms with van der Waals surface area (Å²) in [5.41, 5.74) is 3.08. The van der Waals surface area contributed by atoms with Gasteiger partial charge >= 0.3 is 0 Å². The minimum absolute atomic E-state index is 0.120. The molecule has 1 atom stereocenters. The normalized spacial score (nSPS) is 17.6. The monoisotopic (exact) mass is 331 g/mol. The largest absolute Gasteiger partial charge is 0.338 e. The van der Waals surface area contributed by atoms with E-state index >= 15 is 0 Å².